The summed E-state index contributed by atoms with van der Waals surface area (Å²) in [4.78, 5) is 11.2. The molecule has 0 aromatic carbocycles. The van der Waals surface area contributed by atoms with Crippen molar-refractivity contribution in [1.29, 1.82) is 0 Å². The molecule has 0 radical (unpaired) electrons. The van der Waals surface area contributed by atoms with Crippen molar-refractivity contribution in [3.05, 3.63) is 0 Å². The molecule has 6 heteroatoms. The molecule has 1 aliphatic rings. The van der Waals surface area contributed by atoms with Gasteiger partial charge in [-0.3, -0.25) is 9.69 Å². The standard InChI is InChI=1S/C22H45NO3.C2H4O2/c1-3-5-7-9-11-13-15-17-23-19(16-14-12-10-8-6-4-2)21(25)22(26)20(23)18-24;1-2(3)4/h19-22,24-26H,3-18H2,1-2H3;1H3,(H,3,4)/t19-,20-,21+,22+;/m0./s1. The van der Waals surface area contributed by atoms with Crippen LogP contribution in [0, 0.1) is 0 Å². The second-order valence-corrected chi connectivity index (χ2v) is 8.73. The first-order valence-electron chi connectivity index (χ1n) is 12.3. The molecular formula is C24H49NO5. The minimum Gasteiger partial charge on any atom is -0.481 e. The third-order valence-electron chi connectivity index (χ3n) is 6.05. The predicted molar refractivity (Wildman–Crippen MR) is 123 cm³/mol. The molecule has 30 heavy (non-hydrogen) atoms. The lowest BCUT2D eigenvalue weighted by Gasteiger charge is -2.29. The molecule has 0 aliphatic carbocycles. The van der Waals surface area contributed by atoms with E-state index in [2.05, 4.69) is 18.7 Å². The van der Waals surface area contributed by atoms with E-state index in [0.717, 1.165) is 32.7 Å². The van der Waals surface area contributed by atoms with E-state index in [9.17, 15) is 15.3 Å². The number of aliphatic hydroxyl groups excluding tert-OH is 3. The van der Waals surface area contributed by atoms with E-state index in [4.69, 9.17) is 9.90 Å². The highest BCUT2D eigenvalue weighted by Crippen LogP contribution is 2.29. The van der Waals surface area contributed by atoms with Crippen molar-refractivity contribution in [2.24, 2.45) is 0 Å². The molecule has 4 N–H and O–H groups in total. The van der Waals surface area contributed by atoms with Gasteiger partial charge in [-0.1, -0.05) is 90.9 Å². The van der Waals surface area contributed by atoms with Crippen LogP contribution in [-0.2, 0) is 4.79 Å². The fourth-order valence-electron chi connectivity index (χ4n) is 4.36. The van der Waals surface area contributed by atoms with Crippen molar-refractivity contribution in [2.45, 2.75) is 135 Å². The Hall–Kier alpha value is -0.690. The van der Waals surface area contributed by atoms with Crippen molar-refractivity contribution in [3.8, 4) is 0 Å². The maximum Gasteiger partial charge on any atom is 0.300 e. The van der Waals surface area contributed by atoms with E-state index >= 15 is 0 Å². The van der Waals surface area contributed by atoms with Gasteiger partial charge in [0, 0.05) is 13.0 Å². The smallest absolute Gasteiger partial charge is 0.300 e. The molecule has 0 saturated carbocycles. The zero-order valence-electron chi connectivity index (χ0n) is 19.8. The molecule has 1 saturated heterocycles. The Morgan fingerprint density at radius 1 is 0.733 bits per heavy atom. The molecule has 0 unspecified atom stereocenters. The number of carbonyl (C=O) groups is 1. The first-order valence-corrected chi connectivity index (χ1v) is 12.3. The highest BCUT2D eigenvalue weighted by Gasteiger charge is 2.46. The summed E-state index contributed by atoms with van der Waals surface area (Å²) in [6.45, 7) is 6.37. The Balaban J connectivity index is 0.00000192. The van der Waals surface area contributed by atoms with Crippen LogP contribution in [0.2, 0.25) is 0 Å². The first-order chi connectivity index (χ1) is 14.4. The molecule has 0 aromatic heterocycles. The SMILES string of the molecule is CC(=O)O.CCCCCCCCCN1[C@@H](CO)[C@@H](O)[C@H](O)[C@@H]1CCCCCCCC. The number of likely N-dealkylation sites (tertiary alicyclic amines) is 1. The van der Waals surface area contributed by atoms with Crippen LogP contribution >= 0.6 is 0 Å². The molecule has 1 rings (SSSR count). The van der Waals surface area contributed by atoms with Crippen molar-refractivity contribution >= 4 is 5.97 Å². The largest absolute Gasteiger partial charge is 0.481 e. The van der Waals surface area contributed by atoms with Gasteiger partial charge in [0.15, 0.2) is 0 Å². The van der Waals surface area contributed by atoms with E-state index in [1.807, 2.05) is 0 Å². The highest BCUT2D eigenvalue weighted by molar-refractivity contribution is 5.62. The van der Waals surface area contributed by atoms with Crippen LogP contribution in [0.3, 0.4) is 0 Å². The summed E-state index contributed by atoms with van der Waals surface area (Å²) in [5.74, 6) is -0.833. The summed E-state index contributed by atoms with van der Waals surface area (Å²) in [6.07, 6.45) is 15.7. The second kappa shape index (κ2) is 19.0. The van der Waals surface area contributed by atoms with Crippen LogP contribution in [0.1, 0.15) is 111 Å². The van der Waals surface area contributed by atoms with Crippen LogP contribution < -0.4 is 0 Å². The van der Waals surface area contributed by atoms with E-state index in [0.29, 0.717) is 0 Å². The quantitative estimate of drug-likeness (QED) is 0.271. The van der Waals surface area contributed by atoms with Gasteiger partial charge in [0.05, 0.1) is 24.9 Å². The monoisotopic (exact) mass is 431 g/mol. The van der Waals surface area contributed by atoms with Gasteiger partial charge in [-0.15, -0.1) is 0 Å². The number of aliphatic carboxylic acids is 1. The summed E-state index contributed by atoms with van der Waals surface area (Å²) in [6, 6.07) is -0.288. The summed E-state index contributed by atoms with van der Waals surface area (Å²) < 4.78 is 0. The molecule has 6 nitrogen and oxygen atoms in total. The number of hydrogen-bond acceptors (Lipinski definition) is 5. The number of carboxylic acid groups (broad SMARTS) is 1. The van der Waals surface area contributed by atoms with Crippen LogP contribution in [0.4, 0.5) is 0 Å². The summed E-state index contributed by atoms with van der Waals surface area (Å²) in [5, 5.41) is 37.9. The van der Waals surface area contributed by atoms with E-state index in [1.54, 1.807) is 0 Å². The maximum absolute atomic E-state index is 10.5. The Morgan fingerprint density at radius 2 is 1.13 bits per heavy atom. The number of rotatable bonds is 16. The molecule has 0 spiro atoms. The summed E-state index contributed by atoms with van der Waals surface area (Å²) >= 11 is 0. The summed E-state index contributed by atoms with van der Waals surface area (Å²) in [7, 11) is 0. The Kier molecular flexibility index (Phi) is 18.6. The zero-order chi connectivity index (χ0) is 22.8. The molecule has 1 fully saturated rings. The maximum atomic E-state index is 10.5. The second-order valence-electron chi connectivity index (χ2n) is 8.73. The van der Waals surface area contributed by atoms with Gasteiger partial charge >= 0.3 is 0 Å². The van der Waals surface area contributed by atoms with Gasteiger partial charge in [-0.2, -0.15) is 0 Å². The topological polar surface area (TPSA) is 101 Å². The zero-order valence-corrected chi connectivity index (χ0v) is 19.8. The molecule has 1 aliphatic heterocycles. The molecule has 1 heterocycles. The van der Waals surface area contributed by atoms with Crippen molar-refractivity contribution in [1.82, 2.24) is 4.90 Å². The Morgan fingerprint density at radius 3 is 1.60 bits per heavy atom. The third-order valence-corrected chi connectivity index (χ3v) is 6.05. The van der Waals surface area contributed by atoms with Gasteiger partial charge in [0.1, 0.15) is 0 Å². The molecule has 180 valence electrons. The summed E-state index contributed by atoms with van der Waals surface area (Å²) in [5.41, 5.74) is 0. The normalized spacial score (nSPS) is 23.9. The molecule has 4 atom stereocenters. The predicted octanol–water partition coefficient (Wildman–Crippen LogP) is 4.35. The average molecular weight is 432 g/mol. The van der Waals surface area contributed by atoms with Crippen LogP contribution in [0.5, 0.6) is 0 Å². The molecule has 0 bridgehead atoms. The van der Waals surface area contributed by atoms with Gasteiger partial charge in [0.2, 0.25) is 0 Å². The number of nitrogens with zero attached hydrogens (tertiary/aromatic N) is 1. The van der Waals surface area contributed by atoms with Gasteiger partial charge in [-0.25, -0.2) is 0 Å². The van der Waals surface area contributed by atoms with E-state index in [-0.39, 0.29) is 18.7 Å². The fourth-order valence-corrected chi connectivity index (χ4v) is 4.36. The van der Waals surface area contributed by atoms with Gasteiger partial charge in [-0.05, 0) is 19.4 Å². The van der Waals surface area contributed by atoms with E-state index in [1.165, 1.54) is 70.6 Å². The Labute approximate surface area is 184 Å². The molecule has 0 amide bonds. The molecular weight excluding hydrogens is 382 g/mol. The van der Waals surface area contributed by atoms with Crippen LogP contribution in [0.15, 0.2) is 0 Å². The first kappa shape index (κ1) is 29.3. The van der Waals surface area contributed by atoms with Crippen molar-refractivity contribution in [3.63, 3.8) is 0 Å². The number of unbranched alkanes of at least 4 members (excludes halogenated alkanes) is 11. The fraction of sp³-hybridized carbons (Fsp3) is 0.958. The van der Waals surface area contributed by atoms with Crippen LogP contribution in [0.25, 0.3) is 0 Å². The lowest BCUT2D eigenvalue weighted by molar-refractivity contribution is -0.134. The van der Waals surface area contributed by atoms with Crippen LogP contribution in [-0.4, -0.2) is 68.7 Å². The Bertz CT molecular complexity index is 403. The highest BCUT2D eigenvalue weighted by atomic mass is 16.4. The van der Waals surface area contributed by atoms with Crippen molar-refractivity contribution < 1.29 is 25.2 Å². The minimum atomic E-state index is -0.833. The van der Waals surface area contributed by atoms with Gasteiger partial charge in [0.25, 0.3) is 5.97 Å². The lowest BCUT2D eigenvalue weighted by atomic mass is 10.0. The number of carboxylic acids is 1. The minimum absolute atomic E-state index is 0.00779. The average Bonchev–Trinajstić information content (AvgIpc) is 2.93. The van der Waals surface area contributed by atoms with Gasteiger partial charge < -0.3 is 20.4 Å². The third kappa shape index (κ3) is 12.9. The number of aliphatic hydroxyl groups is 3. The molecule has 0 aromatic rings. The van der Waals surface area contributed by atoms with E-state index < -0.39 is 18.2 Å². The van der Waals surface area contributed by atoms with Crippen molar-refractivity contribution in [2.75, 3.05) is 13.2 Å². The lowest BCUT2D eigenvalue weighted by Crippen LogP contribution is -2.42. The number of hydrogen-bond donors (Lipinski definition) is 4.